The predicted molar refractivity (Wildman–Crippen MR) is 91.6 cm³/mol. The summed E-state index contributed by atoms with van der Waals surface area (Å²) in [5, 5.41) is 3.03. The van der Waals surface area contributed by atoms with Crippen LogP contribution in [-0.4, -0.2) is 32.7 Å². The number of hydrogen-bond acceptors (Lipinski definition) is 2. The second kappa shape index (κ2) is 8.96. The van der Waals surface area contributed by atoms with Gasteiger partial charge in [-0.1, -0.05) is 48.5 Å². The molecule has 2 atom stereocenters. The van der Waals surface area contributed by atoms with Gasteiger partial charge < -0.3 is 15.0 Å². The van der Waals surface area contributed by atoms with Crippen LogP contribution in [0.1, 0.15) is 18.5 Å². The molecule has 4 nitrogen and oxygen atoms in total. The maximum absolute atomic E-state index is 12.1. The molecule has 23 heavy (non-hydrogen) atoms. The molecule has 2 aromatic rings. The zero-order chi connectivity index (χ0) is 16.5. The zero-order valence-electron chi connectivity index (χ0n) is 13.8. The molecule has 4 heteroatoms. The summed E-state index contributed by atoms with van der Waals surface area (Å²) in [5.74, 6) is 0.918. The number of rotatable bonds is 8. The molecule has 0 spiro atoms. The van der Waals surface area contributed by atoms with Gasteiger partial charge in [-0.15, -0.1) is 0 Å². The van der Waals surface area contributed by atoms with E-state index in [2.05, 4.69) is 5.32 Å². The third-order valence-electron chi connectivity index (χ3n) is 3.68. The number of amides is 1. The van der Waals surface area contributed by atoms with Gasteiger partial charge >= 0.3 is 0 Å². The molecule has 0 fully saturated rings. The van der Waals surface area contributed by atoms with Crippen molar-refractivity contribution in [3.63, 3.8) is 0 Å². The van der Waals surface area contributed by atoms with Crippen molar-refractivity contribution in [3.8, 4) is 5.75 Å². The van der Waals surface area contributed by atoms with Crippen molar-refractivity contribution in [2.75, 3.05) is 26.7 Å². The molecule has 2 aromatic carbocycles. The van der Waals surface area contributed by atoms with Gasteiger partial charge in [0.15, 0.2) is 6.54 Å². The maximum Gasteiger partial charge on any atom is 0.275 e. The Hall–Kier alpha value is -2.33. The number of ether oxygens (including phenoxy) is 1. The van der Waals surface area contributed by atoms with Crippen LogP contribution in [0.15, 0.2) is 60.7 Å². The van der Waals surface area contributed by atoms with Crippen LogP contribution >= 0.6 is 0 Å². The molecule has 0 aliphatic heterocycles. The second-order valence-corrected chi connectivity index (χ2v) is 5.75. The fourth-order valence-electron chi connectivity index (χ4n) is 2.34. The molecule has 0 aromatic heterocycles. The summed E-state index contributed by atoms with van der Waals surface area (Å²) in [6, 6.07) is 19.7. The van der Waals surface area contributed by atoms with Crippen LogP contribution in [0.25, 0.3) is 0 Å². The molecule has 0 bridgehead atoms. The Morgan fingerprint density at radius 3 is 2.35 bits per heavy atom. The number of benzene rings is 2. The number of likely N-dealkylation sites (N-methyl/N-ethyl adjacent to an activating group) is 1. The molecule has 2 rings (SSSR count). The normalized spacial score (nSPS) is 13.1. The van der Waals surface area contributed by atoms with Gasteiger partial charge in [-0.2, -0.15) is 0 Å². The van der Waals surface area contributed by atoms with Crippen molar-refractivity contribution in [2.45, 2.75) is 13.0 Å². The van der Waals surface area contributed by atoms with Crippen molar-refractivity contribution in [1.29, 1.82) is 0 Å². The van der Waals surface area contributed by atoms with Crippen LogP contribution in [0.5, 0.6) is 5.75 Å². The van der Waals surface area contributed by atoms with Crippen LogP contribution in [-0.2, 0) is 4.79 Å². The molecule has 1 unspecified atom stereocenters. The first-order valence-corrected chi connectivity index (χ1v) is 7.98. The number of nitrogens with one attached hydrogen (secondary N) is 2. The highest BCUT2D eigenvalue weighted by atomic mass is 16.5. The lowest BCUT2D eigenvalue weighted by Gasteiger charge is -2.17. The van der Waals surface area contributed by atoms with Crippen LogP contribution in [0, 0.1) is 0 Å². The molecular weight excluding hydrogens is 288 g/mol. The first-order chi connectivity index (χ1) is 11.1. The lowest BCUT2D eigenvalue weighted by Crippen LogP contribution is -3.10. The molecule has 1 amide bonds. The van der Waals surface area contributed by atoms with Crippen LogP contribution in [0.2, 0.25) is 0 Å². The van der Waals surface area contributed by atoms with E-state index in [4.69, 9.17) is 4.74 Å². The Morgan fingerprint density at radius 1 is 1.09 bits per heavy atom. The lowest BCUT2D eigenvalue weighted by molar-refractivity contribution is -0.871. The Kier molecular flexibility index (Phi) is 6.63. The van der Waals surface area contributed by atoms with Gasteiger partial charge in [-0.25, -0.2) is 0 Å². The minimum Gasteiger partial charge on any atom is -0.488 e. The Labute approximate surface area is 138 Å². The number of para-hydroxylation sites is 1. The number of quaternary nitrogens is 1. The molecule has 0 aliphatic carbocycles. The highest BCUT2D eigenvalue weighted by Gasteiger charge is 2.13. The predicted octanol–water partition coefficient (Wildman–Crippen LogP) is 1.46. The summed E-state index contributed by atoms with van der Waals surface area (Å²) in [7, 11) is 2.00. The molecular formula is C19H25N2O2+. The van der Waals surface area contributed by atoms with Crippen molar-refractivity contribution in [2.24, 2.45) is 0 Å². The summed E-state index contributed by atoms with van der Waals surface area (Å²) >= 11 is 0. The first kappa shape index (κ1) is 17.0. The Morgan fingerprint density at radius 2 is 1.70 bits per heavy atom. The number of hydrogen-bond donors (Lipinski definition) is 2. The monoisotopic (exact) mass is 313 g/mol. The van der Waals surface area contributed by atoms with E-state index in [1.165, 1.54) is 0 Å². The van der Waals surface area contributed by atoms with E-state index in [0.29, 0.717) is 13.2 Å². The fraction of sp³-hybridized carbons (Fsp3) is 0.316. The van der Waals surface area contributed by atoms with Gasteiger partial charge in [0.2, 0.25) is 0 Å². The summed E-state index contributed by atoms with van der Waals surface area (Å²) in [6.07, 6.45) is 0. The van der Waals surface area contributed by atoms with E-state index in [-0.39, 0.29) is 11.9 Å². The molecule has 2 N–H and O–H groups in total. The smallest absolute Gasteiger partial charge is 0.275 e. The number of carbonyl (C=O) groups is 1. The van der Waals surface area contributed by atoms with Crippen molar-refractivity contribution < 1.29 is 14.4 Å². The van der Waals surface area contributed by atoms with Gasteiger partial charge in [0.25, 0.3) is 5.91 Å². The summed E-state index contributed by atoms with van der Waals surface area (Å²) in [4.78, 5) is 13.2. The fourth-order valence-corrected chi connectivity index (χ4v) is 2.34. The minimum atomic E-state index is 0.0251. The van der Waals surface area contributed by atoms with Gasteiger partial charge in [0.1, 0.15) is 18.9 Å². The second-order valence-electron chi connectivity index (χ2n) is 5.75. The Balaban J connectivity index is 1.68. The largest absolute Gasteiger partial charge is 0.488 e. The first-order valence-electron chi connectivity index (χ1n) is 7.98. The van der Waals surface area contributed by atoms with Crippen LogP contribution in [0.3, 0.4) is 0 Å². The molecule has 122 valence electrons. The molecule has 0 saturated heterocycles. The lowest BCUT2D eigenvalue weighted by atomic mass is 10.1. The Bertz CT molecular complexity index is 587. The maximum atomic E-state index is 12.1. The average molecular weight is 313 g/mol. The molecule has 0 radical (unpaired) electrons. The molecule has 0 aliphatic rings. The number of carbonyl (C=O) groups excluding carboxylic acids is 1. The SMILES string of the molecule is C[C@H](NC(=O)C[NH+](C)CCOc1ccccc1)c1ccccc1. The summed E-state index contributed by atoms with van der Waals surface area (Å²) < 4.78 is 5.66. The molecule has 0 heterocycles. The quantitative estimate of drug-likeness (QED) is 0.775. The van der Waals surface area contributed by atoms with E-state index in [1.54, 1.807) is 0 Å². The average Bonchev–Trinajstić information content (AvgIpc) is 2.56. The molecule has 0 saturated carbocycles. The van der Waals surface area contributed by atoms with Crippen molar-refractivity contribution in [3.05, 3.63) is 66.2 Å². The third-order valence-corrected chi connectivity index (χ3v) is 3.68. The van der Waals surface area contributed by atoms with E-state index in [0.717, 1.165) is 22.8 Å². The van der Waals surface area contributed by atoms with E-state index in [9.17, 15) is 4.79 Å². The van der Waals surface area contributed by atoms with Gasteiger partial charge in [0, 0.05) is 0 Å². The topological polar surface area (TPSA) is 42.8 Å². The standard InChI is InChI=1S/C19H24N2O2/c1-16(17-9-5-3-6-10-17)20-19(22)15-21(2)13-14-23-18-11-7-4-8-12-18/h3-12,16H,13-15H2,1-2H3,(H,20,22)/p+1/t16-/m0/s1. The van der Waals surface area contributed by atoms with Crippen LogP contribution < -0.4 is 15.0 Å². The van der Waals surface area contributed by atoms with Gasteiger partial charge in [-0.05, 0) is 24.6 Å². The zero-order valence-corrected chi connectivity index (χ0v) is 13.8. The van der Waals surface area contributed by atoms with Crippen LogP contribution in [0.4, 0.5) is 0 Å². The van der Waals surface area contributed by atoms with Crippen molar-refractivity contribution >= 4 is 5.91 Å². The van der Waals surface area contributed by atoms with E-state index in [1.807, 2.05) is 74.6 Å². The third kappa shape index (κ3) is 6.12. The minimum absolute atomic E-state index is 0.0251. The van der Waals surface area contributed by atoms with E-state index < -0.39 is 0 Å². The van der Waals surface area contributed by atoms with Gasteiger partial charge in [-0.3, -0.25) is 4.79 Å². The summed E-state index contributed by atoms with van der Waals surface area (Å²) in [6.45, 7) is 3.82. The highest BCUT2D eigenvalue weighted by Crippen LogP contribution is 2.10. The highest BCUT2D eigenvalue weighted by molar-refractivity contribution is 5.77. The van der Waals surface area contributed by atoms with Crippen molar-refractivity contribution in [1.82, 2.24) is 5.32 Å². The summed E-state index contributed by atoms with van der Waals surface area (Å²) in [5.41, 5.74) is 1.12. The van der Waals surface area contributed by atoms with E-state index >= 15 is 0 Å². The van der Waals surface area contributed by atoms with Gasteiger partial charge in [0.05, 0.1) is 13.1 Å².